The number of carbonyl (C=O) groups is 1. The highest BCUT2D eigenvalue weighted by Gasteiger charge is 2.35. The summed E-state index contributed by atoms with van der Waals surface area (Å²) in [6.07, 6.45) is 1.00. The minimum atomic E-state index is 0. The average Bonchev–Trinajstić information content (AvgIpc) is 2.88. The summed E-state index contributed by atoms with van der Waals surface area (Å²) in [5.74, 6) is 2.27. The van der Waals surface area contributed by atoms with E-state index < -0.39 is 0 Å². The van der Waals surface area contributed by atoms with Crippen LogP contribution in [0.4, 0.5) is 0 Å². The number of likely N-dealkylation sites (tertiary alicyclic amines) is 1. The second-order valence-corrected chi connectivity index (χ2v) is 7.10. The van der Waals surface area contributed by atoms with Gasteiger partial charge >= 0.3 is 0 Å². The van der Waals surface area contributed by atoms with Crippen molar-refractivity contribution in [1.82, 2.24) is 4.90 Å². The summed E-state index contributed by atoms with van der Waals surface area (Å²) in [6, 6.07) is 8.03. The zero-order valence-corrected chi connectivity index (χ0v) is 14.4. The van der Waals surface area contributed by atoms with Crippen molar-refractivity contribution in [3.8, 4) is 0 Å². The van der Waals surface area contributed by atoms with Gasteiger partial charge in [-0.2, -0.15) is 11.8 Å². The lowest BCUT2D eigenvalue weighted by atomic mass is 9.90. The van der Waals surface area contributed by atoms with Gasteiger partial charge in [-0.1, -0.05) is 26.0 Å². The zero-order chi connectivity index (χ0) is 14.6. The van der Waals surface area contributed by atoms with Gasteiger partial charge in [-0.05, 0) is 41.8 Å². The average molecular weight is 329 g/mol. The van der Waals surface area contributed by atoms with E-state index in [-0.39, 0.29) is 23.7 Å². The van der Waals surface area contributed by atoms with Crippen molar-refractivity contribution in [3.63, 3.8) is 0 Å². The van der Waals surface area contributed by atoms with Gasteiger partial charge in [-0.25, -0.2) is 0 Å². The van der Waals surface area contributed by atoms with Crippen LogP contribution in [0.5, 0.6) is 0 Å². The first-order valence-electron chi connectivity index (χ1n) is 7.24. The highest BCUT2D eigenvalue weighted by molar-refractivity contribution is 7.98. The van der Waals surface area contributed by atoms with E-state index in [9.17, 15) is 4.79 Å². The Morgan fingerprint density at radius 2 is 2.05 bits per heavy atom. The first-order chi connectivity index (χ1) is 9.58. The maximum atomic E-state index is 12.5. The van der Waals surface area contributed by atoms with Gasteiger partial charge in [0.15, 0.2) is 0 Å². The predicted molar refractivity (Wildman–Crippen MR) is 93.2 cm³/mol. The van der Waals surface area contributed by atoms with Crippen LogP contribution in [0.2, 0.25) is 0 Å². The van der Waals surface area contributed by atoms with E-state index in [1.165, 1.54) is 5.56 Å². The second kappa shape index (κ2) is 8.06. The Bertz CT molecular complexity index is 466. The molecule has 1 saturated heterocycles. The molecule has 3 nitrogen and oxygen atoms in total. The van der Waals surface area contributed by atoms with Crippen LogP contribution in [0.3, 0.4) is 0 Å². The maximum Gasteiger partial charge on any atom is 0.253 e. The van der Waals surface area contributed by atoms with E-state index in [4.69, 9.17) is 5.73 Å². The van der Waals surface area contributed by atoms with Crippen molar-refractivity contribution in [1.29, 1.82) is 0 Å². The van der Waals surface area contributed by atoms with Gasteiger partial charge < -0.3 is 10.6 Å². The lowest BCUT2D eigenvalue weighted by Crippen LogP contribution is -2.34. The number of hydrogen-bond acceptors (Lipinski definition) is 3. The highest BCUT2D eigenvalue weighted by atomic mass is 35.5. The van der Waals surface area contributed by atoms with Crippen molar-refractivity contribution in [2.75, 3.05) is 25.4 Å². The Kier molecular flexibility index (Phi) is 7.04. The van der Waals surface area contributed by atoms with Gasteiger partial charge in [-0.3, -0.25) is 4.79 Å². The number of nitrogens with two attached hydrogens (primary N) is 1. The Morgan fingerprint density at radius 3 is 2.57 bits per heavy atom. The first kappa shape index (κ1) is 18.3. The largest absolute Gasteiger partial charge is 0.338 e. The molecule has 1 aliphatic heterocycles. The fraction of sp³-hybridized carbons (Fsp3) is 0.562. The van der Waals surface area contributed by atoms with Gasteiger partial charge in [0.05, 0.1) is 0 Å². The molecule has 1 unspecified atom stereocenters. The maximum absolute atomic E-state index is 12.5. The standard InChI is InChI=1S/C16H24N2OS.ClH/c1-3-20-10-13-4-6-14(7-5-13)15(19)18-9-8-16(2,11-17)12-18;/h4-7H,3,8-12,17H2,1-2H3;1H. The van der Waals surface area contributed by atoms with E-state index in [0.717, 1.165) is 36.6 Å². The minimum Gasteiger partial charge on any atom is -0.338 e. The molecule has 1 aromatic carbocycles. The second-order valence-electron chi connectivity index (χ2n) is 5.83. The van der Waals surface area contributed by atoms with E-state index in [2.05, 4.69) is 26.0 Å². The van der Waals surface area contributed by atoms with Gasteiger partial charge in [0.2, 0.25) is 0 Å². The fourth-order valence-electron chi connectivity index (χ4n) is 2.51. The molecule has 118 valence electrons. The Hall–Kier alpha value is -0.710. The highest BCUT2D eigenvalue weighted by Crippen LogP contribution is 2.29. The van der Waals surface area contributed by atoms with Gasteiger partial charge in [-0.15, -0.1) is 12.4 Å². The normalized spacial score (nSPS) is 21.2. The number of benzene rings is 1. The van der Waals surface area contributed by atoms with Gasteiger partial charge in [0, 0.05) is 24.4 Å². The van der Waals surface area contributed by atoms with Crippen LogP contribution in [0, 0.1) is 5.41 Å². The molecular weight excluding hydrogens is 304 g/mol. The monoisotopic (exact) mass is 328 g/mol. The molecule has 0 radical (unpaired) electrons. The number of rotatable bonds is 5. The quantitative estimate of drug-likeness (QED) is 0.903. The van der Waals surface area contributed by atoms with E-state index in [0.29, 0.717) is 6.54 Å². The van der Waals surface area contributed by atoms with Crippen LogP contribution in [-0.4, -0.2) is 36.2 Å². The molecule has 0 spiro atoms. The Balaban J connectivity index is 0.00000220. The summed E-state index contributed by atoms with van der Waals surface area (Å²) in [4.78, 5) is 14.4. The third kappa shape index (κ3) is 4.63. The topological polar surface area (TPSA) is 46.3 Å². The number of carbonyl (C=O) groups excluding carboxylic acids is 1. The molecule has 2 N–H and O–H groups in total. The molecule has 2 rings (SSSR count). The van der Waals surface area contributed by atoms with Crippen molar-refractivity contribution >= 4 is 30.1 Å². The predicted octanol–water partition coefficient (Wildman–Crippen LogP) is 3.17. The third-order valence-electron chi connectivity index (χ3n) is 4.01. The molecule has 1 amide bonds. The fourth-order valence-corrected chi connectivity index (χ4v) is 3.14. The van der Waals surface area contributed by atoms with Gasteiger partial charge in [0.1, 0.15) is 0 Å². The van der Waals surface area contributed by atoms with Crippen LogP contribution < -0.4 is 5.73 Å². The van der Waals surface area contributed by atoms with Gasteiger partial charge in [0.25, 0.3) is 5.91 Å². The number of nitrogens with zero attached hydrogens (tertiary/aromatic N) is 1. The van der Waals surface area contributed by atoms with Crippen molar-refractivity contribution in [2.24, 2.45) is 11.1 Å². The van der Waals surface area contributed by atoms with E-state index >= 15 is 0 Å². The Morgan fingerprint density at radius 1 is 1.38 bits per heavy atom. The lowest BCUT2D eigenvalue weighted by molar-refractivity contribution is 0.0777. The Labute approximate surface area is 138 Å². The third-order valence-corrected chi connectivity index (χ3v) is 4.96. The SMILES string of the molecule is CCSCc1ccc(C(=O)N2CCC(C)(CN)C2)cc1.Cl. The molecule has 1 heterocycles. The summed E-state index contributed by atoms with van der Waals surface area (Å²) in [5, 5.41) is 0. The number of halogens is 1. The number of thioether (sulfide) groups is 1. The molecule has 0 aromatic heterocycles. The molecule has 0 saturated carbocycles. The van der Waals surface area contributed by atoms with Crippen molar-refractivity contribution < 1.29 is 4.79 Å². The smallest absolute Gasteiger partial charge is 0.253 e. The molecule has 21 heavy (non-hydrogen) atoms. The lowest BCUT2D eigenvalue weighted by Gasteiger charge is -2.22. The first-order valence-corrected chi connectivity index (χ1v) is 8.39. The summed E-state index contributed by atoms with van der Waals surface area (Å²) in [6.45, 7) is 6.55. The van der Waals surface area contributed by atoms with Crippen LogP contribution in [0.15, 0.2) is 24.3 Å². The molecule has 0 bridgehead atoms. The van der Waals surface area contributed by atoms with E-state index in [1.54, 1.807) is 0 Å². The minimum absolute atomic E-state index is 0. The van der Waals surface area contributed by atoms with Crippen LogP contribution in [0.25, 0.3) is 0 Å². The molecule has 1 fully saturated rings. The molecule has 1 aliphatic rings. The van der Waals surface area contributed by atoms with Crippen molar-refractivity contribution in [3.05, 3.63) is 35.4 Å². The number of amides is 1. The van der Waals surface area contributed by atoms with E-state index in [1.807, 2.05) is 28.8 Å². The summed E-state index contributed by atoms with van der Waals surface area (Å²) < 4.78 is 0. The van der Waals surface area contributed by atoms with Crippen LogP contribution in [-0.2, 0) is 5.75 Å². The summed E-state index contributed by atoms with van der Waals surface area (Å²) in [7, 11) is 0. The molecule has 5 heteroatoms. The summed E-state index contributed by atoms with van der Waals surface area (Å²) in [5.41, 5.74) is 7.95. The molecule has 0 aliphatic carbocycles. The van der Waals surface area contributed by atoms with Crippen molar-refractivity contribution in [2.45, 2.75) is 26.0 Å². The molecule has 1 aromatic rings. The van der Waals surface area contributed by atoms with Crippen LogP contribution >= 0.6 is 24.2 Å². The zero-order valence-electron chi connectivity index (χ0n) is 12.8. The summed E-state index contributed by atoms with van der Waals surface area (Å²) >= 11 is 1.89. The molecular formula is C16H25ClN2OS. The molecule has 1 atom stereocenters. The van der Waals surface area contributed by atoms with Crippen LogP contribution in [0.1, 0.15) is 36.2 Å². The number of hydrogen-bond donors (Lipinski definition) is 1.